The molecular weight excluding hydrogens is 188 g/mol. The Hall–Kier alpha value is -0.830. The van der Waals surface area contributed by atoms with E-state index >= 15 is 0 Å². The van der Waals surface area contributed by atoms with Crippen molar-refractivity contribution in [1.29, 1.82) is 0 Å². The maximum Gasteiger partial charge on any atom is 0.223 e. The van der Waals surface area contributed by atoms with E-state index in [2.05, 4.69) is 11.4 Å². The molecule has 2 unspecified atom stereocenters. The molecule has 15 heavy (non-hydrogen) atoms. The first-order valence-corrected chi connectivity index (χ1v) is 5.88. The van der Waals surface area contributed by atoms with Crippen LogP contribution in [0.25, 0.3) is 0 Å². The smallest absolute Gasteiger partial charge is 0.223 e. The Morgan fingerprint density at radius 3 is 3.00 bits per heavy atom. The average Bonchev–Trinajstić information content (AvgIpc) is 2.72. The quantitative estimate of drug-likeness (QED) is 0.533. The van der Waals surface area contributed by atoms with Crippen LogP contribution in [0.1, 0.15) is 32.6 Å². The van der Waals surface area contributed by atoms with Crippen LogP contribution in [0.5, 0.6) is 0 Å². The van der Waals surface area contributed by atoms with Crippen LogP contribution in [0.15, 0.2) is 12.2 Å². The molecule has 1 saturated carbocycles. The van der Waals surface area contributed by atoms with Gasteiger partial charge in [-0.1, -0.05) is 18.6 Å². The van der Waals surface area contributed by atoms with Gasteiger partial charge in [0, 0.05) is 12.5 Å². The minimum Gasteiger partial charge on any atom is -0.356 e. The van der Waals surface area contributed by atoms with Crippen LogP contribution in [0.4, 0.5) is 0 Å². The fraction of sp³-hybridized carbons (Fsp3) is 0.750. The number of rotatable bonds is 5. The summed E-state index contributed by atoms with van der Waals surface area (Å²) in [4.78, 5) is 11.8. The number of nitrogens with one attached hydrogen (secondary N) is 1. The molecule has 0 aromatic rings. The number of carbonyl (C=O) groups excluding carboxylic acids is 1. The molecule has 1 aliphatic rings. The second-order valence-corrected chi connectivity index (χ2v) is 4.18. The Labute approximate surface area is 92.1 Å². The lowest BCUT2D eigenvalue weighted by Crippen LogP contribution is -2.35. The Bertz CT molecular complexity index is 226. The molecule has 0 aromatic carbocycles. The van der Waals surface area contributed by atoms with Crippen LogP contribution in [-0.4, -0.2) is 19.0 Å². The van der Waals surface area contributed by atoms with E-state index in [0.29, 0.717) is 12.5 Å². The van der Waals surface area contributed by atoms with E-state index < -0.39 is 0 Å². The Morgan fingerprint density at radius 2 is 2.33 bits per heavy atom. The highest BCUT2D eigenvalue weighted by atomic mass is 16.1. The van der Waals surface area contributed by atoms with Gasteiger partial charge in [0.25, 0.3) is 0 Å². The van der Waals surface area contributed by atoms with Gasteiger partial charge in [0.05, 0.1) is 0 Å². The maximum atomic E-state index is 11.8. The minimum atomic E-state index is 0.167. The first-order chi connectivity index (χ1) is 7.29. The summed E-state index contributed by atoms with van der Waals surface area (Å²) in [6, 6.07) is 0. The van der Waals surface area contributed by atoms with Gasteiger partial charge in [-0.25, -0.2) is 0 Å². The van der Waals surface area contributed by atoms with Crippen molar-refractivity contribution < 1.29 is 4.79 Å². The lowest BCUT2D eigenvalue weighted by atomic mass is 9.95. The molecule has 2 atom stereocenters. The first kappa shape index (κ1) is 12.2. The summed E-state index contributed by atoms with van der Waals surface area (Å²) in [5.41, 5.74) is 5.65. The summed E-state index contributed by atoms with van der Waals surface area (Å²) in [7, 11) is 0. The van der Waals surface area contributed by atoms with E-state index in [4.69, 9.17) is 5.73 Å². The van der Waals surface area contributed by atoms with E-state index in [-0.39, 0.29) is 11.8 Å². The molecule has 3 heteroatoms. The van der Waals surface area contributed by atoms with Gasteiger partial charge in [-0.3, -0.25) is 4.79 Å². The van der Waals surface area contributed by atoms with E-state index in [1.807, 2.05) is 13.0 Å². The van der Waals surface area contributed by atoms with Crippen LogP contribution >= 0.6 is 0 Å². The van der Waals surface area contributed by atoms with Crippen molar-refractivity contribution >= 4 is 5.91 Å². The highest BCUT2D eigenvalue weighted by Gasteiger charge is 2.31. The van der Waals surface area contributed by atoms with Gasteiger partial charge in [0.1, 0.15) is 0 Å². The zero-order chi connectivity index (χ0) is 11.1. The van der Waals surface area contributed by atoms with Gasteiger partial charge in [-0.2, -0.15) is 0 Å². The number of hydrogen-bond donors (Lipinski definition) is 2. The fourth-order valence-corrected chi connectivity index (χ4v) is 2.24. The predicted molar refractivity (Wildman–Crippen MR) is 62.3 cm³/mol. The molecule has 3 nitrogen and oxygen atoms in total. The largest absolute Gasteiger partial charge is 0.356 e. The number of nitrogens with two attached hydrogens (primary N) is 1. The van der Waals surface area contributed by atoms with Crippen LogP contribution in [0.3, 0.4) is 0 Å². The molecule has 86 valence electrons. The average molecular weight is 210 g/mol. The second kappa shape index (κ2) is 6.62. The van der Waals surface area contributed by atoms with Gasteiger partial charge in [-0.15, -0.1) is 0 Å². The molecule has 0 saturated heterocycles. The standard InChI is InChI=1S/C12H22N2O/c1-2-3-4-8-14-12(15)11-7-5-6-10(11)9-13/h2-3,10-11H,4-9,13H2,1H3,(H,14,15)/b3-2+. The lowest BCUT2D eigenvalue weighted by Gasteiger charge is -2.16. The van der Waals surface area contributed by atoms with E-state index in [1.165, 1.54) is 0 Å². The topological polar surface area (TPSA) is 55.1 Å². The van der Waals surface area contributed by atoms with Gasteiger partial charge < -0.3 is 11.1 Å². The van der Waals surface area contributed by atoms with Gasteiger partial charge in [-0.05, 0) is 38.6 Å². The number of amides is 1. The van der Waals surface area contributed by atoms with Crippen LogP contribution in [-0.2, 0) is 4.79 Å². The SMILES string of the molecule is C/C=C/CCNC(=O)C1CCCC1CN. The molecule has 0 heterocycles. The van der Waals surface area contributed by atoms with Crippen LogP contribution < -0.4 is 11.1 Å². The summed E-state index contributed by atoms with van der Waals surface area (Å²) >= 11 is 0. The van der Waals surface area contributed by atoms with Crippen molar-refractivity contribution in [3.8, 4) is 0 Å². The summed E-state index contributed by atoms with van der Waals surface area (Å²) < 4.78 is 0. The van der Waals surface area contributed by atoms with Crippen molar-refractivity contribution in [3.63, 3.8) is 0 Å². The summed E-state index contributed by atoms with van der Waals surface area (Å²) in [6.07, 6.45) is 8.26. The summed E-state index contributed by atoms with van der Waals surface area (Å²) in [5.74, 6) is 0.778. The van der Waals surface area contributed by atoms with Gasteiger partial charge in [0.15, 0.2) is 0 Å². The Balaban J connectivity index is 2.26. The molecule has 0 aromatic heterocycles. The van der Waals surface area contributed by atoms with E-state index in [1.54, 1.807) is 0 Å². The van der Waals surface area contributed by atoms with Crippen LogP contribution in [0, 0.1) is 11.8 Å². The van der Waals surface area contributed by atoms with Gasteiger partial charge >= 0.3 is 0 Å². The number of carbonyl (C=O) groups is 1. The third-order valence-corrected chi connectivity index (χ3v) is 3.14. The predicted octanol–water partition coefficient (Wildman–Crippen LogP) is 1.44. The monoisotopic (exact) mass is 210 g/mol. The van der Waals surface area contributed by atoms with Gasteiger partial charge in [0.2, 0.25) is 5.91 Å². The lowest BCUT2D eigenvalue weighted by molar-refractivity contribution is -0.125. The van der Waals surface area contributed by atoms with Crippen LogP contribution in [0.2, 0.25) is 0 Å². The maximum absolute atomic E-state index is 11.8. The van der Waals surface area contributed by atoms with E-state index in [0.717, 1.165) is 32.2 Å². The molecule has 0 spiro atoms. The molecule has 1 rings (SSSR count). The molecule has 0 bridgehead atoms. The molecule has 1 amide bonds. The molecule has 3 N–H and O–H groups in total. The number of hydrogen-bond acceptors (Lipinski definition) is 2. The number of allylic oxidation sites excluding steroid dienone is 1. The molecular formula is C12H22N2O. The third-order valence-electron chi connectivity index (χ3n) is 3.14. The molecule has 0 aliphatic heterocycles. The Morgan fingerprint density at radius 1 is 1.53 bits per heavy atom. The fourth-order valence-electron chi connectivity index (χ4n) is 2.24. The van der Waals surface area contributed by atoms with Crippen molar-refractivity contribution in [2.75, 3.05) is 13.1 Å². The highest BCUT2D eigenvalue weighted by Crippen LogP contribution is 2.30. The molecule has 1 aliphatic carbocycles. The van der Waals surface area contributed by atoms with Crippen molar-refractivity contribution in [2.24, 2.45) is 17.6 Å². The van der Waals surface area contributed by atoms with Crippen molar-refractivity contribution in [3.05, 3.63) is 12.2 Å². The first-order valence-electron chi connectivity index (χ1n) is 5.88. The zero-order valence-electron chi connectivity index (χ0n) is 9.54. The highest BCUT2D eigenvalue weighted by molar-refractivity contribution is 5.79. The Kier molecular flexibility index (Phi) is 5.40. The summed E-state index contributed by atoms with van der Waals surface area (Å²) in [6.45, 7) is 3.38. The zero-order valence-corrected chi connectivity index (χ0v) is 9.54. The molecule has 1 fully saturated rings. The summed E-state index contributed by atoms with van der Waals surface area (Å²) in [5, 5.41) is 2.98. The second-order valence-electron chi connectivity index (χ2n) is 4.18. The van der Waals surface area contributed by atoms with Crippen molar-refractivity contribution in [1.82, 2.24) is 5.32 Å². The van der Waals surface area contributed by atoms with Crippen molar-refractivity contribution in [2.45, 2.75) is 32.6 Å². The molecule has 0 radical (unpaired) electrons. The van der Waals surface area contributed by atoms with E-state index in [9.17, 15) is 4.79 Å². The normalized spacial score (nSPS) is 26.0. The minimum absolute atomic E-state index is 0.167. The third kappa shape index (κ3) is 3.67.